The van der Waals surface area contributed by atoms with Gasteiger partial charge in [0.25, 0.3) is 0 Å². The number of carbonyl (C=O) groups is 1. The average Bonchev–Trinajstić information content (AvgIpc) is 3.02. The number of hydrogen-bond acceptors (Lipinski definition) is 6. The monoisotopic (exact) mass is 577 g/mol. The second kappa shape index (κ2) is 12.3. The molecule has 3 aromatic carbocycles. The second-order valence-corrected chi connectivity index (χ2v) is 10.5. The van der Waals surface area contributed by atoms with Crippen molar-refractivity contribution in [3.8, 4) is 44.9 Å². The highest BCUT2D eigenvalue weighted by Gasteiger charge is 2.18. The molecule has 43 heavy (non-hydrogen) atoms. The molecular formula is C35H32FN3O4. The van der Waals surface area contributed by atoms with Gasteiger partial charge in [-0.25, -0.2) is 9.37 Å². The summed E-state index contributed by atoms with van der Waals surface area (Å²) in [5.74, 6) is 0.919. The average molecular weight is 578 g/mol. The lowest BCUT2D eigenvalue weighted by Gasteiger charge is -2.15. The second-order valence-electron chi connectivity index (χ2n) is 10.5. The van der Waals surface area contributed by atoms with Crippen LogP contribution in [0.4, 0.5) is 10.2 Å². The number of nitrogens with zero attached hydrogens (tertiary/aromatic N) is 2. The minimum atomic E-state index is -0.395. The standard InChI is InChI=1S/C35H32FN3O4/c1-21(2)39-19-29(24-9-12-27(36)13-10-24)34(41)30(20-39)31(40)15-22-5-7-23(8-6-22)28-16-26(18-38-35(28)37)25-11-14-32(42-3)33(17-25)43-4/h5-14,16-21H,15H2,1-4H3,(H2,37,38). The Hall–Kier alpha value is -5.24. The molecule has 0 aliphatic heterocycles. The molecule has 0 spiro atoms. The number of benzene rings is 3. The van der Waals surface area contributed by atoms with Gasteiger partial charge in [0.05, 0.1) is 19.8 Å². The minimum Gasteiger partial charge on any atom is -0.493 e. The summed E-state index contributed by atoms with van der Waals surface area (Å²) < 4.78 is 26.1. The Kier molecular flexibility index (Phi) is 8.39. The van der Waals surface area contributed by atoms with Crippen molar-refractivity contribution in [1.29, 1.82) is 0 Å². The first kappa shape index (κ1) is 29.3. The van der Waals surface area contributed by atoms with Crippen LogP contribution in [-0.4, -0.2) is 29.6 Å². The third kappa shape index (κ3) is 6.18. The first-order valence-electron chi connectivity index (χ1n) is 13.8. The molecule has 0 bridgehead atoms. The number of methoxy groups -OCH3 is 2. The van der Waals surface area contributed by atoms with E-state index in [1.807, 2.05) is 66.9 Å². The summed E-state index contributed by atoms with van der Waals surface area (Å²) in [4.78, 5) is 31.2. The van der Waals surface area contributed by atoms with Crippen LogP contribution < -0.4 is 20.6 Å². The molecule has 0 radical (unpaired) electrons. The number of pyridine rings is 2. The van der Waals surface area contributed by atoms with Crippen molar-refractivity contribution in [2.45, 2.75) is 26.3 Å². The van der Waals surface area contributed by atoms with E-state index in [-0.39, 0.29) is 29.2 Å². The lowest BCUT2D eigenvalue weighted by Crippen LogP contribution is -2.22. The zero-order valence-electron chi connectivity index (χ0n) is 24.4. The quantitative estimate of drug-likeness (QED) is 0.190. The van der Waals surface area contributed by atoms with Gasteiger partial charge >= 0.3 is 0 Å². The Balaban J connectivity index is 1.42. The Morgan fingerprint density at radius 1 is 0.837 bits per heavy atom. The van der Waals surface area contributed by atoms with Crippen molar-refractivity contribution in [3.63, 3.8) is 0 Å². The van der Waals surface area contributed by atoms with Crippen LogP contribution >= 0.6 is 0 Å². The van der Waals surface area contributed by atoms with Gasteiger partial charge in [0, 0.05) is 47.7 Å². The van der Waals surface area contributed by atoms with Crippen LogP contribution in [0.1, 0.15) is 35.8 Å². The maximum absolute atomic E-state index is 13.5. The molecule has 0 aliphatic carbocycles. The first-order chi connectivity index (χ1) is 20.7. The number of anilines is 1. The normalized spacial score (nSPS) is 11.0. The highest BCUT2D eigenvalue weighted by atomic mass is 19.1. The fourth-order valence-corrected chi connectivity index (χ4v) is 4.89. The Morgan fingerprint density at radius 2 is 1.47 bits per heavy atom. The van der Waals surface area contributed by atoms with Crippen LogP contribution in [0.15, 0.2) is 96.2 Å². The maximum atomic E-state index is 13.5. The van der Waals surface area contributed by atoms with Crippen molar-refractivity contribution in [2.24, 2.45) is 0 Å². The van der Waals surface area contributed by atoms with E-state index in [4.69, 9.17) is 15.2 Å². The lowest BCUT2D eigenvalue weighted by atomic mass is 9.97. The molecule has 2 aromatic heterocycles. The molecule has 0 aliphatic rings. The molecule has 5 rings (SSSR count). The van der Waals surface area contributed by atoms with Crippen LogP contribution in [0.3, 0.4) is 0 Å². The van der Waals surface area contributed by atoms with Crippen molar-refractivity contribution >= 4 is 11.6 Å². The molecule has 8 heteroatoms. The van der Waals surface area contributed by atoms with Gasteiger partial charge in [0.15, 0.2) is 22.7 Å². The number of aromatic nitrogens is 2. The van der Waals surface area contributed by atoms with Crippen LogP contribution in [0.2, 0.25) is 0 Å². The van der Waals surface area contributed by atoms with Gasteiger partial charge in [0.1, 0.15) is 11.6 Å². The summed E-state index contributed by atoms with van der Waals surface area (Å²) in [6.07, 6.45) is 5.06. The van der Waals surface area contributed by atoms with E-state index < -0.39 is 5.82 Å². The third-order valence-electron chi connectivity index (χ3n) is 7.36. The molecule has 0 amide bonds. The van der Waals surface area contributed by atoms with E-state index in [9.17, 15) is 14.0 Å². The van der Waals surface area contributed by atoms with Crippen LogP contribution in [-0.2, 0) is 6.42 Å². The predicted octanol–water partition coefficient (Wildman–Crippen LogP) is 6.99. The number of hydrogen-bond donors (Lipinski definition) is 1. The molecule has 0 fully saturated rings. The summed E-state index contributed by atoms with van der Waals surface area (Å²) in [5, 5.41) is 0. The minimum absolute atomic E-state index is 0.0134. The molecule has 0 atom stereocenters. The number of ether oxygens (including phenoxy) is 2. The number of carbonyl (C=O) groups excluding carboxylic acids is 1. The molecule has 0 unspecified atom stereocenters. The number of nitrogen functional groups attached to an aromatic ring is 1. The Bertz CT molecular complexity index is 1850. The zero-order chi connectivity index (χ0) is 30.7. The largest absolute Gasteiger partial charge is 0.493 e. The fraction of sp³-hybridized carbons (Fsp3) is 0.171. The number of ketones is 1. The maximum Gasteiger partial charge on any atom is 0.200 e. The van der Waals surface area contributed by atoms with Crippen LogP contribution in [0.5, 0.6) is 11.5 Å². The van der Waals surface area contributed by atoms with Gasteiger partial charge in [-0.3, -0.25) is 9.59 Å². The van der Waals surface area contributed by atoms with E-state index in [2.05, 4.69) is 4.98 Å². The summed E-state index contributed by atoms with van der Waals surface area (Å²) >= 11 is 0. The van der Waals surface area contributed by atoms with Gasteiger partial charge in [-0.1, -0.05) is 42.5 Å². The summed E-state index contributed by atoms with van der Waals surface area (Å²) in [6.45, 7) is 3.93. The number of halogens is 1. The number of nitrogens with two attached hydrogens (primary N) is 1. The molecule has 7 nitrogen and oxygen atoms in total. The first-order valence-corrected chi connectivity index (χ1v) is 13.8. The van der Waals surface area contributed by atoms with Gasteiger partial charge in [-0.15, -0.1) is 0 Å². The van der Waals surface area contributed by atoms with Gasteiger partial charge in [-0.2, -0.15) is 0 Å². The van der Waals surface area contributed by atoms with Gasteiger partial charge in [-0.05, 0) is 66.4 Å². The highest BCUT2D eigenvalue weighted by Crippen LogP contribution is 2.35. The number of Topliss-reactive ketones (excluding diaryl/α,β-unsaturated/α-hetero) is 1. The molecule has 218 valence electrons. The Morgan fingerprint density at radius 3 is 2.12 bits per heavy atom. The topological polar surface area (TPSA) is 96.4 Å². The molecule has 2 N–H and O–H groups in total. The summed E-state index contributed by atoms with van der Waals surface area (Å²) in [5.41, 5.74) is 11.0. The SMILES string of the molecule is COc1ccc(-c2cnc(N)c(-c3ccc(CC(=O)c4cn(C(C)C)cc(-c5ccc(F)cc5)c4=O)cc3)c2)cc1OC. The predicted molar refractivity (Wildman–Crippen MR) is 167 cm³/mol. The molecular weight excluding hydrogens is 545 g/mol. The van der Waals surface area contributed by atoms with Crippen molar-refractivity contribution in [2.75, 3.05) is 20.0 Å². The number of rotatable bonds is 9. The molecule has 0 saturated heterocycles. The van der Waals surface area contributed by atoms with Crippen molar-refractivity contribution in [3.05, 3.63) is 119 Å². The van der Waals surface area contributed by atoms with E-state index in [0.717, 1.165) is 27.8 Å². The molecule has 2 heterocycles. The van der Waals surface area contributed by atoms with E-state index in [0.29, 0.717) is 28.4 Å². The van der Waals surface area contributed by atoms with E-state index in [1.54, 1.807) is 44.9 Å². The molecule has 0 saturated carbocycles. The van der Waals surface area contributed by atoms with Gasteiger partial charge in [0.2, 0.25) is 0 Å². The van der Waals surface area contributed by atoms with Crippen molar-refractivity contribution < 1.29 is 18.7 Å². The van der Waals surface area contributed by atoms with Crippen molar-refractivity contribution in [1.82, 2.24) is 9.55 Å². The third-order valence-corrected chi connectivity index (χ3v) is 7.36. The smallest absolute Gasteiger partial charge is 0.200 e. The Labute approximate surface area is 249 Å². The van der Waals surface area contributed by atoms with Crippen LogP contribution in [0.25, 0.3) is 33.4 Å². The fourth-order valence-electron chi connectivity index (χ4n) is 4.89. The van der Waals surface area contributed by atoms with Crippen LogP contribution in [0, 0.1) is 5.82 Å². The summed E-state index contributed by atoms with van der Waals surface area (Å²) in [6, 6.07) is 20.8. The zero-order valence-corrected chi connectivity index (χ0v) is 24.4. The van der Waals surface area contributed by atoms with E-state index in [1.165, 1.54) is 12.1 Å². The summed E-state index contributed by atoms with van der Waals surface area (Å²) in [7, 11) is 3.17. The van der Waals surface area contributed by atoms with Gasteiger partial charge < -0.3 is 19.8 Å². The lowest BCUT2D eigenvalue weighted by molar-refractivity contribution is 0.0991. The highest BCUT2D eigenvalue weighted by molar-refractivity contribution is 5.98. The molecule has 5 aromatic rings. The van der Waals surface area contributed by atoms with E-state index >= 15 is 0 Å².